The van der Waals surface area contributed by atoms with Crippen molar-refractivity contribution in [1.82, 2.24) is 10.2 Å². The van der Waals surface area contributed by atoms with Gasteiger partial charge < -0.3 is 10.2 Å². The lowest BCUT2D eigenvalue weighted by molar-refractivity contribution is -0.138. The molecule has 0 aliphatic heterocycles. The first-order valence-corrected chi connectivity index (χ1v) is 11.4. The van der Waals surface area contributed by atoms with Crippen LogP contribution in [0.2, 0.25) is 5.02 Å². The second kappa shape index (κ2) is 11.9. The molecule has 0 bridgehead atoms. The molecule has 0 spiro atoms. The number of aryl methyl sites for hydroxylation is 1. The lowest BCUT2D eigenvalue weighted by Crippen LogP contribution is -2.48. The van der Waals surface area contributed by atoms with Gasteiger partial charge in [-0.05, 0) is 43.5 Å². The van der Waals surface area contributed by atoms with Crippen LogP contribution in [0, 0.1) is 6.92 Å². The second-order valence-electron chi connectivity index (χ2n) is 7.10. The summed E-state index contributed by atoms with van der Waals surface area (Å²) in [6.07, 6.45) is 0.861. The van der Waals surface area contributed by atoms with Crippen molar-refractivity contribution < 1.29 is 9.59 Å². The average molecular weight is 433 g/mol. The highest BCUT2D eigenvalue weighted by Gasteiger charge is 2.25. The first-order chi connectivity index (χ1) is 13.9. The summed E-state index contributed by atoms with van der Waals surface area (Å²) in [6.45, 7) is 6.85. The van der Waals surface area contributed by atoms with Crippen LogP contribution in [0.5, 0.6) is 0 Å². The quantitative estimate of drug-likeness (QED) is 0.585. The number of amides is 2. The minimum Gasteiger partial charge on any atom is -0.354 e. The summed E-state index contributed by atoms with van der Waals surface area (Å²) >= 11 is 7.56. The summed E-state index contributed by atoms with van der Waals surface area (Å²) in [5.41, 5.74) is 3.26. The summed E-state index contributed by atoms with van der Waals surface area (Å²) in [7, 11) is 0. The van der Waals surface area contributed by atoms with Gasteiger partial charge in [0.2, 0.25) is 11.8 Å². The van der Waals surface area contributed by atoms with Crippen molar-refractivity contribution in [2.75, 3.05) is 12.3 Å². The molecule has 2 rings (SSSR count). The van der Waals surface area contributed by atoms with Crippen molar-refractivity contribution in [3.8, 4) is 0 Å². The monoisotopic (exact) mass is 432 g/mol. The Kier molecular flexibility index (Phi) is 9.55. The number of halogens is 1. The van der Waals surface area contributed by atoms with Crippen LogP contribution >= 0.6 is 23.4 Å². The minimum atomic E-state index is -0.526. The van der Waals surface area contributed by atoms with Crippen LogP contribution in [0.1, 0.15) is 37.0 Å². The Bertz CT molecular complexity index is 811. The first-order valence-electron chi connectivity index (χ1n) is 9.85. The maximum Gasteiger partial charge on any atom is 0.242 e. The van der Waals surface area contributed by atoms with Crippen LogP contribution in [0.4, 0.5) is 0 Å². The molecule has 0 fully saturated rings. The molecule has 2 amide bonds. The molecular weight excluding hydrogens is 404 g/mol. The molecule has 0 aromatic heterocycles. The Morgan fingerprint density at radius 2 is 1.86 bits per heavy atom. The molecule has 1 unspecified atom stereocenters. The summed E-state index contributed by atoms with van der Waals surface area (Å²) in [4.78, 5) is 27.2. The van der Waals surface area contributed by atoms with Gasteiger partial charge in [0.15, 0.2) is 0 Å². The van der Waals surface area contributed by atoms with E-state index < -0.39 is 6.04 Å². The van der Waals surface area contributed by atoms with E-state index in [-0.39, 0.29) is 11.8 Å². The predicted octanol–water partition coefficient (Wildman–Crippen LogP) is 4.83. The van der Waals surface area contributed by atoms with E-state index in [0.29, 0.717) is 29.6 Å². The SMILES string of the molecule is CCCNC(=O)C(C)N(Cc1ccc(C)cc1)C(=O)CSCc1cccc(Cl)c1. The first kappa shape index (κ1) is 23.3. The Labute approximate surface area is 183 Å². The Balaban J connectivity index is 2.04. The topological polar surface area (TPSA) is 49.4 Å². The van der Waals surface area contributed by atoms with E-state index in [9.17, 15) is 9.59 Å². The van der Waals surface area contributed by atoms with Crippen LogP contribution in [-0.2, 0) is 21.9 Å². The largest absolute Gasteiger partial charge is 0.354 e. The summed E-state index contributed by atoms with van der Waals surface area (Å²) in [5, 5.41) is 3.59. The van der Waals surface area contributed by atoms with Gasteiger partial charge in [0.1, 0.15) is 6.04 Å². The van der Waals surface area contributed by atoms with Crippen LogP contribution in [0.3, 0.4) is 0 Å². The Hall–Kier alpha value is -1.98. The fourth-order valence-corrected chi connectivity index (χ4v) is 3.91. The molecule has 0 radical (unpaired) electrons. The van der Waals surface area contributed by atoms with E-state index in [1.54, 1.807) is 11.8 Å². The van der Waals surface area contributed by atoms with Gasteiger partial charge in [-0.15, -0.1) is 11.8 Å². The van der Waals surface area contributed by atoms with Crippen LogP contribution in [0.25, 0.3) is 0 Å². The third-order valence-electron chi connectivity index (χ3n) is 4.57. The second-order valence-corrected chi connectivity index (χ2v) is 8.52. The third kappa shape index (κ3) is 7.75. The number of carbonyl (C=O) groups is 2. The number of thioether (sulfide) groups is 1. The average Bonchev–Trinajstić information content (AvgIpc) is 2.71. The molecule has 4 nitrogen and oxygen atoms in total. The van der Waals surface area contributed by atoms with E-state index in [2.05, 4.69) is 5.32 Å². The predicted molar refractivity (Wildman–Crippen MR) is 122 cm³/mol. The molecule has 2 aromatic rings. The number of nitrogens with one attached hydrogen (secondary N) is 1. The van der Waals surface area contributed by atoms with Gasteiger partial charge in [-0.1, -0.05) is 60.5 Å². The van der Waals surface area contributed by atoms with Crippen LogP contribution in [0.15, 0.2) is 48.5 Å². The van der Waals surface area contributed by atoms with Crippen LogP contribution < -0.4 is 5.32 Å². The number of nitrogens with zero attached hydrogens (tertiary/aromatic N) is 1. The van der Waals surface area contributed by atoms with Crippen molar-refractivity contribution in [3.05, 3.63) is 70.2 Å². The highest BCUT2D eigenvalue weighted by molar-refractivity contribution is 7.99. The zero-order valence-electron chi connectivity index (χ0n) is 17.3. The zero-order chi connectivity index (χ0) is 21.2. The van der Waals surface area contributed by atoms with E-state index >= 15 is 0 Å². The molecule has 156 valence electrons. The van der Waals surface area contributed by atoms with E-state index in [4.69, 9.17) is 11.6 Å². The number of benzene rings is 2. The van der Waals surface area contributed by atoms with Gasteiger partial charge in [0, 0.05) is 23.9 Å². The maximum absolute atomic E-state index is 13.0. The molecule has 0 saturated carbocycles. The molecule has 0 saturated heterocycles. The van der Waals surface area contributed by atoms with Crippen molar-refractivity contribution in [1.29, 1.82) is 0 Å². The third-order valence-corrected chi connectivity index (χ3v) is 5.80. The number of rotatable bonds is 10. The van der Waals surface area contributed by atoms with E-state index in [0.717, 1.165) is 23.1 Å². The van der Waals surface area contributed by atoms with Crippen molar-refractivity contribution >= 4 is 35.2 Å². The molecule has 6 heteroatoms. The van der Waals surface area contributed by atoms with E-state index in [1.165, 1.54) is 11.8 Å². The lowest BCUT2D eigenvalue weighted by atomic mass is 10.1. The van der Waals surface area contributed by atoms with Gasteiger partial charge in [0.05, 0.1) is 5.75 Å². The number of hydrogen-bond donors (Lipinski definition) is 1. The van der Waals surface area contributed by atoms with Gasteiger partial charge in [-0.3, -0.25) is 9.59 Å². The fraction of sp³-hybridized carbons (Fsp3) is 0.391. The van der Waals surface area contributed by atoms with Crippen molar-refractivity contribution in [3.63, 3.8) is 0 Å². The molecule has 1 atom stereocenters. The Morgan fingerprint density at radius 1 is 1.14 bits per heavy atom. The highest BCUT2D eigenvalue weighted by Crippen LogP contribution is 2.18. The van der Waals surface area contributed by atoms with E-state index in [1.807, 2.05) is 62.4 Å². The standard InChI is InChI=1S/C23H29ClN2O2S/c1-4-12-25-23(28)18(3)26(14-19-10-8-17(2)9-11-19)22(27)16-29-15-20-6-5-7-21(24)13-20/h5-11,13,18H,4,12,14-16H2,1-3H3,(H,25,28). The number of hydrogen-bond acceptors (Lipinski definition) is 3. The summed E-state index contributed by atoms with van der Waals surface area (Å²) in [6, 6.07) is 15.2. The van der Waals surface area contributed by atoms with Crippen LogP contribution in [-0.4, -0.2) is 35.1 Å². The molecule has 2 aromatic carbocycles. The zero-order valence-corrected chi connectivity index (χ0v) is 18.9. The fourth-order valence-electron chi connectivity index (χ4n) is 2.83. The number of carbonyl (C=O) groups excluding carboxylic acids is 2. The van der Waals surface area contributed by atoms with Crippen molar-refractivity contribution in [2.24, 2.45) is 0 Å². The molecule has 1 N–H and O–H groups in total. The Morgan fingerprint density at radius 3 is 2.52 bits per heavy atom. The van der Waals surface area contributed by atoms with Gasteiger partial charge in [0.25, 0.3) is 0 Å². The summed E-state index contributed by atoms with van der Waals surface area (Å²) in [5.74, 6) is 0.842. The van der Waals surface area contributed by atoms with Gasteiger partial charge >= 0.3 is 0 Å². The van der Waals surface area contributed by atoms with Gasteiger partial charge in [-0.2, -0.15) is 0 Å². The molecule has 0 aliphatic carbocycles. The van der Waals surface area contributed by atoms with Crippen molar-refractivity contribution in [2.45, 2.75) is 45.5 Å². The molecule has 0 heterocycles. The summed E-state index contributed by atoms with van der Waals surface area (Å²) < 4.78 is 0. The maximum atomic E-state index is 13.0. The smallest absolute Gasteiger partial charge is 0.242 e. The molecular formula is C23H29ClN2O2S. The van der Waals surface area contributed by atoms with Gasteiger partial charge in [-0.25, -0.2) is 0 Å². The highest BCUT2D eigenvalue weighted by atomic mass is 35.5. The minimum absolute atomic E-state index is 0.0447. The molecule has 0 aliphatic rings. The normalized spacial score (nSPS) is 11.7. The molecule has 29 heavy (non-hydrogen) atoms. The lowest BCUT2D eigenvalue weighted by Gasteiger charge is -2.28.